The van der Waals surface area contributed by atoms with Crippen LogP contribution in [-0.2, 0) is 9.84 Å². The van der Waals surface area contributed by atoms with E-state index in [-0.39, 0.29) is 17.7 Å². The molecule has 6 heteroatoms. The third kappa shape index (κ3) is 3.06. The Morgan fingerprint density at radius 3 is 2.88 bits per heavy atom. The molecule has 1 N–H and O–H groups in total. The minimum absolute atomic E-state index is 0.0498. The van der Waals surface area contributed by atoms with Crippen LogP contribution in [0.1, 0.15) is 17.8 Å². The molecule has 2 atom stereocenters. The SMILES string of the molecule is CC1CNC(c2cc(Br)cs2)CS(=O)(=O)C1. The summed E-state index contributed by atoms with van der Waals surface area (Å²) in [6, 6.07) is 1.94. The number of hydrogen-bond acceptors (Lipinski definition) is 4. The third-order valence-corrected chi connectivity index (χ3v) is 6.33. The predicted octanol–water partition coefficient (Wildman–Crippen LogP) is 2.21. The lowest BCUT2D eigenvalue weighted by Crippen LogP contribution is -2.25. The largest absolute Gasteiger partial charge is 0.308 e. The fourth-order valence-corrected chi connectivity index (χ4v) is 5.46. The van der Waals surface area contributed by atoms with E-state index < -0.39 is 9.84 Å². The van der Waals surface area contributed by atoms with Crippen LogP contribution in [-0.4, -0.2) is 26.5 Å². The molecule has 1 aliphatic heterocycles. The van der Waals surface area contributed by atoms with Crippen LogP contribution in [0, 0.1) is 5.92 Å². The van der Waals surface area contributed by atoms with Gasteiger partial charge in [0.1, 0.15) is 0 Å². The van der Waals surface area contributed by atoms with E-state index in [1.165, 1.54) is 0 Å². The molecule has 0 radical (unpaired) electrons. The first-order valence-corrected chi connectivity index (χ1v) is 8.63. The van der Waals surface area contributed by atoms with Crippen LogP contribution in [0.5, 0.6) is 0 Å². The maximum atomic E-state index is 11.8. The first-order chi connectivity index (χ1) is 7.46. The standard InChI is InChI=1S/C10H14BrNO2S2/c1-7-3-12-9(6-16(13,14)5-7)10-2-8(11)4-15-10/h2,4,7,9,12H,3,5-6H2,1H3. The molecule has 1 aromatic rings. The number of sulfone groups is 1. The summed E-state index contributed by atoms with van der Waals surface area (Å²) in [6.07, 6.45) is 0. The Morgan fingerprint density at radius 1 is 1.50 bits per heavy atom. The summed E-state index contributed by atoms with van der Waals surface area (Å²) < 4.78 is 24.7. The van der Waals surface area contributed by atoms with Gasteiger partial charge < -0.3 is 5.32 Å². The van der Waals surface area contributed by atoms with Crippen molar-refractivity contribution in [1.82, 2.24) is 5.32 Å². The fourth-order valence-electron chi connectivity index (χ4n) is 1.91. The van der Waals surface area contributed by atoms with Crippen molar-refractivity contribution in [3.05, 3.63) is 20.8 Å². The predicted molar refractivity (Wildman–Crippen MR) is 70.6 cm³/mol. The summed E-state index contributed by atoms with van der Waals surface area (Å²) >= 11 is 4.99. The fraction of sp³-hybridized carbons (Fsp3) is 0.600. The third-order valence-electron chi connectivity index (χ3n) is 2.60. The van der Waals surface area contributed by atoms with Crippen molar-refractivity contribution in [2.24, 2.45) is 5.92 Å². The summed E-state index contributed by atoms with van der Waals surface area (Å²) in [5.74, 6) is 0.700. The Labute approximate surface area is 108 Å². The molecule has 0 saturated carbocycles. The molecule has 16 heavy (non-hydrogen) atoms. The number of halogens is 1. The highest BCUT2D eigenvalue weighted by Crippen LogP contribution is 2.28. The molecule has 0 bridgehead atoms. The van der Waals surface area contributed by atoms with E-state index in [0.29, 0.717) is 5.75 Å². The van der Waals surface area contributed by atoms with Crippen molar-refractivity contribution in [3.8, 4) is 0 Å². The van der Waals surface area contributed by atoms with Gasteiger partial charge in [-0.15, -0.1) is 11.3 Å². The van der Waals surface area contributed by atoms with E-state index in [1.54, 1.807) is 11.3 Å². The Kier molecular flexibility index (Phi) is 3.73. The summed E-state index contributed by atoms with van der Waals surface area (Å²) in [7, 11) is -2.93. The maximum absolute atomic E-state index is 11.8. The summed E-state index contributed by atoms with van der Waals surface area (Å²) in [6.45, 7) is 2.73. The van der Waals surface area contributed by atoms with Gasteiger partial charge in [0.05, 0.1) is 17.5 Å². The van der Waals surface area contributed by atoms with Crippen molar-refractivity contribution >= 4 is 37.1 Å². The second kappa shape index (κ2) is 4.76. The molecule has 1 fully saturated rings. The Bertz CT molecular complexity index is 469. The van der Waals surface area contributed by atoms with Gasteiger partial charge in [-0.25, -0.2) is 8.42 Å². The quantitative estimate of drug-likeness (QED) is 0.861. The van der Waals surface area contributed by atoms with Gasteiger partial charge in [-0.1, -0.05) is 6.92 Å². The van der Waals surface area contributed by atoms with Crippen LogP contribution in [0.3, 0.4) is 0 Å². The van der Waals surface area contributed by atoms with E-state index >= 15 is 0 Å². The van der Waals surface area contributed by atoms with Crippen molar-refractivity contribution in [3.63, 3.8) is 0 Å². The summed E-state index contributed by atoms with van der Waals surface area (Å²) in [4.78, 5) is 1.09. The lowest BCUT2D eigenvalue weighted by atomic mass is 10.2. The van der Waals surface area contributed by atoms with Crippen molar-refractivity contribution < 1.29 is 8.42 Å². The molecular formula is C10H14BrNO2S2. The molecule has 90 valence electrons. The van der Waals surface area contributed by atoms with Crippen LogP contribution in [0.4, 0.5) is 0 Å². The molecule has 1 aliphatic rings. The Morgan fingerprint density at radius 2 is 2.25 bits per heavy atom. The molecule has 0 amide bonds. The van der Waals surface area contributed by atoms with Crippen LogP contribution in [0.25, 0.3) is 0 Å². The molecule has 0 spiro atoms. The molecule has 2 rings (SSSR count). The zero-order valence-electron chi connectivity index (χ0n) is 8.94. The highest BCUT2D eigenvalue weighted by Gasteiger charge is 2.27. The number of thiophene rings is 1. The topological polar surface area (TPSA) is 46.2 Å². The highest BCUT2D eigenvalue weighted by molar-refractivity contribution is 9.10. The van der Waals surface area contributed by atoms with Gasteiger partial charge in [0, 0.05) is 14.7 Å². The highest BCUT2D eigenvalue weighted by atomic mass is 79.9. The van der Waals surface area contributed by atoms with Gasteiger partial charge in [-0.05, 0) is 34.5 Å². The van der Waals surface area contributed by atoms with Gasteiger partial charge in [0.15, 0.2) is 9.84 Å². The first kappa shape index (κ1) is 12.5. The second-order valence-electron chi connectivity index (χ2n) is 4.31. The van der Waals surface area contributed by atoms with E-state index in [4.69, 9.17) is 0 Å². The monoisotopic (exact) mass is 323 g/mol. The van der Waals surface area contributed by atoms with Crippen LogP contribution in [0.15, 0.2) is 15.9 Å². The number of nitrogens with one attached hydrogen (secondary N) is 1. The van der Waals surface area contributed by atoms with E-state index in [0.717, 1.165) is 15.9 Å². The van der Waals surface area contributed by atoms with Crippen molar-refractivity contribution in [1.29, 1.82) is 0 Å². The minimum atomic E-state index is -2.93. The number of rotatable bonds is 1. The zero-order valence-corrected chi connectivity index (χ0v) is 12.2. The molecule has 0 aromatic carbocycles. The summed E-state index contributed by atoms with van der Waals surface area (Å²) in [5, 5.41) is 5.31. The molecule has 2 unspecified atom stereocenters. The lowest BCUT2D eigenvalue weighted by molar-refractivity contribution is 0.522. The second-order valence-corrected chi connectivity index (χ2v) is 8.32. The van der Waals surface area contributed by atoms with Gasteiger partial charge in [-0.2, -0.15) is 0 Å². The molecule has 3 nitrogen and oxygen atoms in total. The molecule has 2 heterocycles. The van der Waals surface area contributed by atoms with Gasteiger partial charge in [-0.3, -0.25) is 0 Å². The molecule has 1 saturated heterocycles. The van der Waals surface area contributed by atoms with Crippen molar-refractivity contribution in [2.75, 3.05) is 18.1 Å². The zero-order chi connectivity index (χ0) is 11.8. The van der Waals surface area contributed by atoms with E-state index in [1.807, 2.05) is 18.4 Å². The maximum Gasteiger partial charge on any atom is 0.152 e. The Balaban J connectivity index is 2.23. The van der Waals surface area contributed by atoms with Gasteiger partial charge in [0.25, 0.3) is 0 Å². The van der Waals surface area contributed by atoms with Crippen LogP contribution < -0.4 is 5.32 Å². The van der Waals surface area contributed by atoms with Crippen molar-refractivity contribution in [2.45, 2.75) is 13.0 Å². The van der Waals surface area contributed by atoms with E-state index in [2.05, 4.69) is 21.2 Å². The van der Waals surface area contributed by atoms with Gasteiger partial charge >= 0.3 is 0 Å². The van der Waals surface area contributed by atoms with Crippen LogP contribution in [0.2, 0.25) is 0 Å². The molecular weight excluding hydrogens is 310 g/mol. The molecule has 0 aliphatic carbocycles. The Hall–Kier alpha value is 0.0900. The number of hydrogen-bond donors (Lipinski definition) is 1. The van der Waals surface area contributed by atoms with Gasteiger partial charge in [0.2, 0.25) is 0 Å². The van der Waals surface area contributed by atoms with E-state index in [9.17, 15) is 8.42 Å². The average Bonchev–Trinajstić information content (AvgIpc) is 2.52. The summed E-state index contributed by atoms with van der Waals surface area (Å²) in [5.41, 5.74) is 0. The normalized spacial score (nSPS) is 29.9. The minimum Gasteiger partial charge on any atom is -0.308 e. The molecule has 1 aromatic heterocycles. The first-order valence-electron chi connectivity index (χ1n) is 5.14. The lowest BCUT2D eigenvalue weighted by Gasteiger charge is -2.13. The van der Waals surface area contributed by atoms with Crippen LogP contribution >= 0.6 is 27.3 Å². The smallest absolute Gasteiger partial charge is 0.152 e. The average molecular weight is 324 g/mol.